The number of sulfonamides is 1. The summed E-state index contributed by atoms with van der Waals surface area (Å²) in [5.74, 6) is -0.248. The van der Waals surface area contributed by atoms with E-state index >= 15 is 0 Å². The van der Waals surface area contributed by atoms with E-state index in [-0.39, 0.29) is 29.4 Å². The number of rotatable bonds is 6. The highest BCUT2D eigenvalue weighted by molar-refractivity contribution is 7.89. The van der Waals surface area contributed by atoms with Gasteiger partial charge in [0.1, 0.15) is 11.6 Å². The molecule has 0 radical (unpaired) electrons. The molecule has 1 aliphatic heterocycles. The van der Waals surface area contributed by atoms with Crippen molar-refractivity contribution in [3.8, 4) is 11.5 Å². The fraction of sp³-hybridized carbons (Fsp3) is 0.286. The minimum absolute atomic E-state index is 0.0309. The van der Waals surface area contributed by atoms with Crippen LogP contribution in [0.3, 0.4) is 0 Å². The number of allylic oxidation sites excluding steroid dienone is 1. The number of amides is 1. The standard InChI is InChI=1S/C21H23FN2O5S/c1-15(2)13-21(25)23-19-14-18(30(26,27)24-9-11-28-12-10-24)7-8-20(19)29-17-5-3-16(22)4-6-17/h3-8,13-14H,9-12H2,1-2H3,(H,23,25). The summed E-state index contributed by atoms with van der Waals surface area (Å²) in [6.07, 6.45) is 1.39. The van der Waals surface area contributed by atoms with Crippen molar-refractivity contribution in [1.29, 1.82) is 0 Å². The molecule has 0 spiro atoms. The molecule has 1 amide bonds. The number of halogens is 1. The highest BCUT2D eigenvalue weighted by Gasteiger charge is 2.27. The van der Waals surface area contributed by atoms with Gasteiger partial charge in [-0.3, -0.25) is 4.79 Å². The predicted octanol–water partition coefficient (Wildman–Crippen LogP) is 3.54. The maximum absolute atomic E-state index is 13.2. The Morgan fingerprint density at radius 3 is 2.43 bits per heavy atom. The smallest absolute Gasteiger partial charge is 0.248 e. The topological polar surface area (TPSA) is 84.9 Å². The van der Waals surface area contributed by atoms with Crippen LogP contribution in [0.25, 0.3) is 0 Å². The molecule has 3 rings (SSSR count). The molecular weight excluding hydrogens is 411 g/mol. The third-order valence-corrected chi connectivity index (χ3v) is 6.17. The van der Waals surface area contributed by atoms with Crippen LogP contribution in [-0.2, 0) is 19.6 Å². The molecule has 0 bridgehead atoms. The van der Waals surface area contributed by atoms with Crippen LogP contribution in [0.15, 0.2) is 59.0 Å². The van der Waals surface area contributed by atoms with Crippen molar-refractivity contribution in [3.05, 3.63) is 59.9 Å². The minimum atomic E-state index is -3.76. The fourth-order valence-corrected chi connectivity index (χ4v) is 4.29. The van der Waals surface area contributed by atoms with Crippen molar-refractivity contribution in [2.24, 2.45) is 0 Å². The Hall–Kier alpha value is -2.75. The van der Waals surface area contributed by atoms with Crippen molar-refractivity contribution in [1.82, 2.24) is 4.31 Å². The van der Waals surface area contributed by atoms with Gasteiger partial charge in [0, 0.05) is 19.2 Å². The highest BCUT2D eigenvalue weighted by atomic mass is 32.2. The lowest BCUT2D eigenvalue weighted by molar-refractivity contribution is -0.112. The number of ether oxygens (including phenoxy) is 2. The van der Waals surface area contributed by atoms with Gasteiger partial charge in [-0.1, -0.05) is 5.57 Å². The maximum atomic E-state index is 13.2. The molecule has 1 saturated heterocycles. The zero-order chi connectivity index (χ0) is 21.7. The van der Waals surface area contributed by atoms with E-state index in [1.54, 1.807) is 13.8 Å². The molecule has 0 saturated carbocycles. The second kappa shape index (κ2) is 9.38. The largest absolute Gasteiger partial charge is 0.455 e. The molecule has 0 aliphatic carbocycles. The molecule has 1 fully saturated rings. The summed E-state index contributed by atoms with van der Waals surface area (Å²) >= 11 is 0. The Bertz CT molecular complexity index is 1040. The Labute approximate surface area is 175 Å². The molecule has 0 atom stereocenters. The molecule has 0 unspecified atom stereocenters. The molecule has 1 aliphatic rings. The number of nitrogens with zero attached hydrogens (tertiary/aromatic N) is 1. The molecule has 9 heteroatoms. The number of anilines is 1. The van der Waals surface area contributed by atoms with Crippen molar-refractivity contribution < 1.29 is 27.1 Å². The van der Waals surface area contributed by atoms with Crippen LogP contribution >= 0.6 is 0 Å². The number of carbonyl (C=O) groups is 1. The van der Waals surface area contributed by atoms with Crippen LogP contribution in [0.1, 0.15) is 13.8 Å². The van der Waals surface area contributed by atoms with E-state index < -0.39 is 21.7 Å². The zero-order valence-electron chi connectivity index (χ0n) is 16.7. The lowest BCUT2D eigenvalue weighted by atomic mass is 10.2. The van der Waals surface area contributed by atoms with Gasteiger partial charge in [0.25, 0.3) is 0 Å². The van der Waals surface area contributed by atoms with E-state index in [1.165, 1.54) is 52.8 Å². The summed E-state index contributed by atoms with van der Waals surface area (Å²) in [6.45, 7) is 4.72. The van der Waals surface area contributed by atoms with Crippen LogP contribution in [0, 0.1) is 5.82 Å². The van der Waals surface area contributed by atoms with Crippen molar-refractivity contribution in [2.75, 3.05) is 31.6 Å². The van der Waals surface area contributed by atoms with Gasteiger partial charge in [-0.25, -0.2) is 12.8 Å². The van der Waals surface area contributed by atoms with Gasteiger partial charge < -0.3 is 14.8 Å². The molecule has 7 nitrogen and oxygen atoms in total. The number of carbonyl (C=O) groups excluding carboxylic acids is 1. The maximum Gasteiger partial charge on any atom is 0.248 e. The van der Waals surface area contributed by atoms with Gasteiger partial charge in [-0.2, -0.15) is 4.31 Å². The summed E-state index contributed by atoms with van der Waals surface area (Å²) in [7, 11) is -3.76. The number of benzene rings is 2. The number of nitrogens with one attached hydrogen (secondary N) is 1. The highest BCUT2D eigenvalue weighted by Crippen LogP contribution is 2.33. The molecule has 160 valence electrons. The Kier molecular flexibility index (Phi) is 6.86. The normalized spacial score (nSPS) is 14.8. The first-order valence-electron chi connectivity index (χ1n) is 9.37. The molecule has 30 heavy (non-hydrogen) atoms. The molecule has 2 aromatic carbocycles. The first-order chi connectivity index (χ1) is 14.3. The first-order valence-corrected chi connectivity index (χ1v) is 10.8. The van der Waals surface area contributed by atoms with E-state index in [1.807, 2.05) is 0 Å². The Morgan fingerprint density at radius 1 is 1.13 bits per heavy atom. The van der Waals surface area contributed by atoms with E-state index in [0.717, 1.165) is 5.57 Å². The van der Waals surface area contributed by atoms with Crippen molar-refractivity contribution in [2.45, 2.75) is 18.7 Å². The van der Waals surface area contributed by atoms with Gasteiger partial charge in [-0.05, 0) is 56.3 Å². The predicted molar refractivity (Wildman–Crippen MR) is 111 cm³/mol. The SMILES string of the molecule is CC(C)=CC(=O)Nc1cc(S(=O)(=O)N2CCOCC2)ccc1Oc1ccc(F)cc1. The van der Waals surface area contributed by atoms with Gasteiger partial charge >= 0.3 is 0 Å². The molecule has 0 aromatic heterocycles. The van der Waals surface area contributed by atoms with Gasteiger partial charge in [0.15, 0.2) is 5.75 Å². The molecule has 2 aromatic rings. The lowest BCUT2D eigenvalue weighted by Crippen LogP contribution is -2.40. The van der Waals surface area contributed by atoms with E-state index in [0.29, 0.717) is 19.0 Å². The number of morpholine rings is 1. The summed E-state index contributed by atoms with van der Waals surface area (Å²) in [4.78, 5) is 12.3. The van der Waals surface area contributed by atoms with Crippen LogP contribution in [-0.4, -0.2) is 44.9 Å². The van der Waals surface area contributed by atoms with E-state index in [9.17, 15) is 17.6 Å². The zero-order valence-corrected chi connectivity index (χ0v) is 17.5. The molecule has 1 N–H and O–H groups in total. The van der Waals surface area contributed by atoms with Gasteiger partial charge in [-0.15, -0.1) is 0 Å². The van der Waals surface area contributed by atoms with Crippen LogP contribution in [0.5, 0.6) is 11.5 Å². The average Bonchev–Trinajstić information content (AvgIpc) is 2.71. The second-order valence-corrected chi connectivity index (χ2v) is 8.88. The van der Waals surface area contributed by atoms with Crippen LogP contribution in [0.2, 0.25) is 0 Å². The van der Waals surface area contributed by atoms with Gasteiger partial charge in [0.2, 0.25) is 15.9 Å². The number of hydrogen-bond donors (Lipinski definition) is 1. The lowest BCUT2D eigenvalue weighted by Gasteiger charge is -2.26. The average molecular weight is 434 g/mol. The second-order valence-electron chi connectivity index (χ2n) is 6.94. The fourth-order valence-electron chi connectivity index (χ4n) is 2.85. The van der Waals surface area contributed by atoms with Crippen LogP contribution in [0.4, 0.5) is 10.1 Å². The monoisotopic (exact) mass is 434 g/mol. The summed E-state index contributed by atoms with van der Waals surface area (Å²) in [6, 6.07) is 9.61. The van der Waals surface area contributed by atoms with Crippen molar-refractivity contribution >= 4 is 21.6 Å². The Morgan fingerprint density at radius 2 is 1.80 bits per heavy atom. The van der Waals surface area contributed by atoms with Crippen molar-refractivity contribution in [3.63, 3.8) is 0 Å². The van der Waals surface area contributed by atoms with Gasteiger partial charge in [0.05, 0.1) is 23.8 Å². The summed E-state index contributed by atoms with van der Waals surface area (Å²) in [5, 5.41) is 2.67. The van der Waals surface area contributed by atoms with E-state index in [2.05, 4.69) is 5.32 Å². The summed E-state index contributed by atoms with van der Waals surface area (Å²) in [5.41, 5.74) is 0.974. The van der Waals surface area contributed by atoms with Crippen LogP contribution < -0.4 is 10.1 Å². The first kappa shape index (κ1) is 21.9. The number of hydrogen-bond acceptors (Lipinski definition) is 5. The molecular formula is C21H23FN2O5S. The summed E-state index contributed by atoms with van der Waals surface area (Å²) < 4.78 is 51.4. The third kappa shape index (κ3) is 5.44. The third-order valence-electron chi connectivity index (χ3n) is 4.28. The molecule has 1 heterocycles. The van der Waals surface area contributed by atoms with E-state index in [4.69, 9.17) is 9.47 Å². The Balaban J connectivity index is 1.96. The quantitative estimate of drug-likeness (QED) is 0.703. The minimum Gasteiger partial charge on any atom is -0.455 e.